The highest BCUT2D eigenvalue weighted by molar-refractivity contribution is 7.17. The lowest BCUT2D eigenvalue weighted by atomic mass is 10.3. The SMILES string of the molecule is Cn1nc(-c2ccc(C(=O)NO)s2)cc1C(F)(F)F. The van der Waals surface area contributed by atoms with Crippen molar-refractivity contribution >= 4 is 17.2 Å². The fourth-order valence-electron chi connectivity index (χ4n) is 1.51. The van der Waals surface area contributed by atoms with Crippen molar-refractivity contribution in [1.29, 1.82) is 0 Å². The van der Waals surface area contributed by atoms with Crippen molar-refractivity contribution < 1.29 is 23.2 Å². The minimum atomic E-state index is -4.48. The van der Waals surface area contributed by atoms with Gasteiger partial charge in [0.15, 0.2) is 0 Å². The Bertz CT molecular complexity index is 618. The van der Waals surface area contributed by atoms with Crippen LogP contribution in [-0.2, 0) is 13.2 Å². The monoisotopic (exact) mass is 291 g/mol. The third-order valence-corrected chi connectivity index (χ3v) is 3.46. The number of nitrogens with one attached hydrogen (secondary N) is 1. The summed E-state index contributed by atoms with van der Waals surface area (Å²) < 4.78 is 38.6. The summed E-state index contributed by atoms with van der Waals surface area (Å²) in [4.78, 5) is 11.7. The fraction of sp³-hybridized carbons (Fsp3) is 0.200. The molecule has 19 heavy (non-hydrogen) atoms. The summed E-state index contributed by atoms with van der Waals surface area (Å²) in [6, 6.07) is 3.78. The van der Waals surface area contributed by atoms with Gasteiger partial charge in [-0.15, -0.1) is 11.3 Å². The Kier molecular flexibility index (Phi) is 3.33. The molecule has 0 aliphatic carbocycles. The van der Waals surface area contributed by atoms with Crippen LogP contribution in [0.5, 0.6) is 0 Å². The number of carbonyl (C=O) groups is 1. The van der Waals surface area contributed by atoms with Gasteiger partial charge in [-0.2, -0.15) is 18.3 Å². The number of aromatic nitrogens is 2. The molecule has 5 nitrogen and oxygen atoms in total. The summed E-state index contributed by atoms with van der Waals surface area (Å²) in [5.41, 5.74) is 0.704. The molecule has 2 aromatic rings. The van der Waals surface area contributed by atoms with Crippen LogP contribution in [0.15, 0.2) is 18.2 Å². The summed E-state index contributed by atoms with van der Waals surface area (Å²) >= 11 is 0.936. The average Bonchev–Trinajstić information content (AvgIpc) is 2.92. The number of hydrogen-bond acceptors (Lipinski definition) is 4. The highest BCUT2D eigenvalue weighted by atomic mass is 32.1. The standard InChI is InChI=1S/C10H8F3N3O2S/c1-16-8(10(11,12)13)4-5(14-16)6-2-3-7(19-6)9(17)15-18/h2-4,18H,1H3,(H,15,17). The van der Waals surface area contributed by atoms with Gasteiger partial charge in [0, 0.05) is 7.05 Å². The van der Waals surface area contributed by atoms with Crippen LogP contribution >= 0.6 is 11.3 Å². The van der Waals surface area contributed by atoms with Gasteiger partial charge < -0.3 is 0 Å². The second-order valence-electron chi connectivity index (χ2n) is 3.64. The molecule has 0 spiro atoms. The smallest absolute Gasteiger partial charge is 0.288 e. The van der Waals surface area contributed by atoms with E-state index in [1.165, 1.54) is 24.7 Å². The van der Waals surface area contributed by atoms with Crippen LogP contribution in [0.2, 0.25) is 0 Å². The number of thiophene rings is 1. The first-order valence-corrected chi connectivity index (χ1v) is 5.80. The maximum absolute atomic E-state index is 12.6. The zero-order chi connectivity index (χ0) is 14.2. The predicted molar refractivity (Wildman–Crippen MR) is 60.8 cm³/mol. The van der Waals surface area contributed by atoms with E-state index in [1.54, 1.807) is 0 Å². The van der Waals surface area contributed by atoms with Gasteiger partial charge in [-0.3, -0.25) is 14.7 Å². The molecular formula is C10H8F3N3O2S. The lowest BCUT2D eigenvalue weighted by Gasteiger charge is -2.04. The first-order chi connectivity index (χ1) is 8.82. The van der Waals surface area contributed by atoms with Crippen molar-refractivity contribution in [2.75, 3.05) is 0 Å². The molecule has 9 heteroatoms. The van der Waals surface area contributed by atoms with Crippen molar-refractivity contribution in [1.82, 2.24) is 15.3 Å². The molecule has 1 amide bonds. The second-order valence-corrected chi connectivity index (χ2v) is 4.72. The number of hydroxylamine groups is 1. The van der Waals surface area contributed by atoms with Crippen molar-refractivity contribution in [3.63, 3.8) is 0 Å². The van der Waals surface area contributed by atoms with Gasteiger partial charge in [-0.05, 0) is 18.2 Å². The van der Waals surface area contributed by atoms with Crippen LogP contribution in [0.25, 0.3) is 10.6 Å². The van der Waals surface area contributed by atoms with Gasteiger partial charge in [0.25, 0.3) is 5.91 Å². The third kappa shape index (κ3) is 2.61. The first-order valence-electron chi connectivity index (χ1n) is 4.99. The molecule has 0 fully saturated rings. The average molecular weight is 291 g/mol. The molecule has 0 aliphatic heterocycles. The molecule has 0 saturated heterocycles. The summed E-state index contributed by atoms with van der Waals surface area (Å²) in [7, 11) is 1.20. The quantitative estimate of drug-likeness (QED) is 0.659. The number of carbonyl (C=O) groups excluding carboxylic acids is 1. The maximum atomic E-state index is 12.6. The zero-order valence-electron chi connectivity index (χ0n) is 9.52. The number of amides is 1. The van der Waals surface area contributed by atoms with Gasteiger partial charge in [-0.1, -0.05) is 0 Å². The molecule has 0 radical (unpaired) electrons. The van der Waals surface area contributed by atoms with Gasteiger partial charge in [-0.25, -0.2) is 5.48 Å². The second kappa shape index (κ2) is 4.67. The molecule has 102 valence electrons. The Morgan fingerprint density at radius 3 is 2.68 bits per heavy atom. The number of rotatable bonds is 2. The van der Waals surface area contributed by atoms with Crippen molar-refractivity contribution in [2.45, 2.75) is 6.18 Å². The molecule has 2 aromatic heterocycles. The molecule has 0 atom stereocenters. The van der Waals surface area contributed by atoms with Crippen molar-refractivity contribution in [2.24, 2.45) is 7.05 Å². The maximum Gasteiger partial charge on any atom is 0.433 e. The number of aryl methyl sites for hydroxylation is 1. The topological polar surface area (TPSA) is 67.2 Å². The minimum absolute atomic E-state index is 0.122. The normalized spacial score (nSPS) is 11.6. The number of nitrogens with zero attached hydrogens (tertiary/aromatic N) is 2. The van der Waals surface area contributed by atoms with E-state index in [1.807, 2.05) is 0 Å². The van der Waals surface area contributed by atoms with E-state index in [0.717, 1.165) is 22.1 Å². The molecule has 0 bridgehead atoms. The highest BCUT2D eigenvalue weighted by Gasteiger charge is 2.35. The molecule has 0 saturated carbocycles. The molecule has 0 aliphatic rings. The number of alkyl halides is 3. The van der Waals surface area contributed by atoms with E-state index in [0.29, 0.717) is 4.88 Å². The van der Waals surface area contributed by atoms with E-state index >= 15 is 0 Å². The lowest BCUT2D eigenvalue weighted by molar-refractivity contribution is -0.143. The minimum Gasteiger partial charge on any atom is -0.288 e. The Morgan fingerprint density at radius 2 is 2.16 bits per heavy atom. The van der Waals surface area contributed by atoms with Gasteiger partial charge in [0.2, 0.25) is 0 Å². The van der Waals surface area contributed by atoms with Gasteiger partial charge >= 0.3 is 6.18 Å². The fourth-order valence-corrected chi connectivity index (χ4v) is 2.36. The molecule has 2 N–H and O–H groups in total. The number of halogens is 3. The summed E-state index contributed by atoms with van der Waals surface area (Å²) in [6.07, 6.45) is -4.48. The zero-order valence-corrected chi connectivity index (χ0v) is 10.3. The molecule has 0 aromatic carbocycles. The van der Waals surface area contributed by atoms with Crippen LogP contribution in [0.1, 0.15) is 15.4 Å². The van der Waals surface area contributed by atoms with Crippen LogP contribution in [0, 0.1) is 0 Å². The summed E-state index contributed by atoms with van der Waals surface area (Å²) in [5, 5.41) is 12.2. The van der Waals surface area contributed by atoms with E-state index in [2.05, 4.69) is 5.10 Å². The molecule has 2 heterocycles. The first kappa shape index (κ1) is 13.6. The van der Waals surface area contributed by atoms with Crippen LogP contribution in [0.3, 0.4) is 0 Å². The highest BCUT2D eigenvalue weighted by Crippen LogP contribution is 2.33. The Morgan fingerprint density at radius 1 is 1.47 bits per heavy atom. The summed E-state index contributed by atoms with van der Waals surface area (Å²) in [5.74, 6) is -0.719. The van der Waals surface area contributed by atoms with Crippen molar-refractivity contribution in [3.05, 3.63) is 28.8 Å². The van der Waals surface area contributed by atoms with E-state index in [4.69, 9.17) is 5.21 Å². The van der Waals surface area contributed by atoms with Crippen molar-refractivity contribution in [3.8, 4) is 10.6 Å². The molecule has 2 rings (SSSR count). The van der Waals surface area contributed by atoms with Gasteiger partial charge in [0.1, 0.15) is 11.4 Å². The molecular weight excluding hydrogens is 283 g/mol. The predicted octanol–water partition coefficient (Wildman–Crippen LogP) is 2.29. The van der Waals surface area contributed by atoms with Crippen LogP contribution in [0.4, 0.5) is 13.2 Å². The van der Waals surface area contributed by atoms with E-state index in [9.17, 15) is 18.0 Å². The van der Waals surface area contributed by atoms with Crippen LogP contribution in [-0.4, -0.2) is 20.9 Å². The largest absolute Gasteiger partial charge is 0.433 e. The van der Waals surface area contributed by atoms with Gasteiger partial charge in [0.05, 0.1) is 9.75 Å². The van der Waals surface area contributed by atoms with E-state index < -0.39 is 17.8 Å². The van der Waals surface area contributed by atoms with E-state index in [-0.39, 0.29) is 10.6 Å². The Labute approximate surface area is 109 Å². The Hall–Kier alpha value is -1.87. The summed E-state index contributed by atoms with van der Waals surface area (Å²) in [6.45, 7) is 0. The number of hydrogen-bond donors (Lipinski definition) is 2. The Balaban J connectivity index is 2.38. The third-order valence-electron chi connectivity index (χ3n) is 2.35. The lowest BCUT2D eigenvalue weighted by Crippen LogP contribution is -2.16. The van der Waals surface area contributed by atoms with Crippen LogP contribution < -0.4 is 5.48 Å². The molecule has 0 unspecified atom stereocenters.